The van der Waals surface area contributed by atoms with E-state index in [1.54, 1.807) is 13.2 Å². The van der Waals surface area contributed by atoms with Gasteiger partial charge in [0.1, 0.15) is 5.75 Å². The van der Waals surface area contributed by atoms with Gasteiger partial charge in [-0.1, -0.05) is 48.5 Å². The monoisotopic (exact) mass is 578 g/mol. The first kappa shape index (κ1) is 27.7. The van der Waals surface area contributed by atoms with E-state index >= 15 is 0 Å². The van der Waals surface area contributed by atoms with Crippen LogP contribution >= 0.6 is 15.9 Å². The number of carbonyl (C=O) groups is 2. The van der Waals surface area contributed by atoms with Crippen molar-refractivity contribution in [3.8, 4) is 5.75 Å². The third kappa shape index (κ3) is 8.07. The predicted octanol–water partition coefficient (Wildman–Crippen LogP) is 6.06. The summed E-state index contributed by atoms with van der Waals surface area (Å²) in [6.07, 6.45) is 3.60. The molecule has 0 spiro atoms. The van der Waals surface area contributed by atoms with Crippen LogP contribution in [0.25, 0.3) is 0 Å². The van der Waals surface area contributed by atoms with Crippen LogP contribution in [0.4, 0.5) is 16.2 Å². The largest absolute Gasteiger partial charge is 0.495 e. The van der Waals surface area contributed by atoms with E-state index < -0.39 is 0 Å². The number of nitrogens with zero attached hydrogens (tertiary/aromatic N) is 1. The van der Waals surface area contributed by atoms with Crippen molar-refractivity contribution in [3.63, 3.8) is 0 Å². The molecule has 3 aromatic carbocycles. The Balaban J connectivity index is 1.41. The summed E-state index contributed by atoms with van der Waals surface area (Å²) < 4.78 is 6.33. The normalized spacial score (nSPS) is 13.5. The van der Waals surface area contributed by atoms with E-state index in [0.717, 1.165) is 54.5 Å². The van der Waals surface area contributed by atoms with Gasteiger partial charge in [0.15, 0.2) is 0 Å². The standard InChI is InChI=1S/C30H35BrN4O3/c1-38-28-19-24(11-12-27(28)34-30(37)33-26-10-6-5-9-25(26)31)20-29(36)35(21-23-7-3-2-4-8-23)18-15-22-13-16-32-17-14-22/h2-12,19,22,32H,13-18,20-21H2,1H3,(H2,33,34,37). The summed E-state index contributed by atoms with van der Waals surface area (Å²) in [4.78, 5) is 28.0. The molecular weight excluding hydrogens is 544 g/mol. The maximum Gasteiger partial charge on any atom is 0.323 e. The second kappa shape index (κ2) is 14.0. The minimum absolute atomic E-state index is 0.0808. The van der Waals surface area contributed by atoms with Crippen molar-refractivity contribution < 1.29 is 14.3 Å². The van der Waals surface area contributed by atoms with Gasteiger partial charge in [0.2, 0.25) is 5.91 Å². The lowest BCUT2D eigenvalue weighted by atomic mass is 9.94. The van der Waals surface area contributed by atoms with Crippen molar-refractivity contribution in [1.29, 1.82) is 0 Å². The molecule has 8 heteroatoms. The first-order chi connectivity index (χ1) is 18.5. The van der Waals surface area contributed by atoms with Gasteiger partial charge in [-0.25, -0.2) is 4.79 Å². The minimum atomic E-state index is -0.383. The Morgan fingerprint density at radius 2 is 1.66 bits per heavy atom. The topological polar surface area (TPSA) is 82.7 Å². The molecule has 7 nitrogen and oxygen atoms in total. The number of methoxy groups -OCH3 is 1. The minimum Gasteiger partial charge on any atom is -0.495 e. The zero-order valence-corrected chi connectivity index (χ0v) is 23.3. The van der Waals surface area contributed by atoms with Crippen molar-refractivity contribution in [1.82, 2.24) is 10.2 Å². The number of nitrogens with one attached hydrogen (secondary N) is 3. The molecule has 4 rings (SSSR count). The van der Waals surface area contributed by atoms with Gasteiger partial charge < -0.3 is 25.6 Å². The maximum absolute atomic E-state index is 13.5. The van der Waals surface area contributed by atoms with Crippen molar-refractivity contribution >= 4 is 39.2 Å². The summed E-state index contributed by atoms with van der Waals surface area (Å²) in [5.74, 6) is 1.23. The van der Waals surface area contributed by atoms with Gasteiger partial charge in [0, 0.05) is 17.6 Å². The number of piperidine rings is 1. The van der Waals surface area contributed by atoms with E-state index in [0.29, 0.717) is 29.6 Å². The van der Waals surface area contributed by atoms with Crippen molar-refractivity contribution in [3.05, 3.63) is 88.4 Å². The molecule has 1 aliphatic heterocycles. The molecule has 0 bridgehead atoms. The Morgan fingerprint density at radius 3 is 2.39 bits per heavy atom. The van der Waals surface area contributed by atoms with Gasteiger partial charge in [-0.2, -0.15) is 0 Å². The molecule has 1 saturated heterocycles. The highest BCUT2D eigenvalue weighted by molar-refractivity contribution is 9.10. The van der Waals surface area contributed by atoms with Crippen LogP contribution in [0.15, 0.2) is 77.3 Å². The molecule has 0 aromatic heterocycles. The van der Waals surface area contributed by atoms with Crippen molar-refractivity contribution in [2.75, 3.05) is 37.4 Å². The molecule has 1 heterocycles. The Hall–Kier alpha value is -3.36. The van der Waals surface area contributed by atoms with Crippen LogP contribution in [0.5, 0.6) is 5.75 Å². The van der Waals surface area contributed by atoms with Crippen LogP contribution in [0.2, 0.25) is 0 Å². The van der Waals surface area contributed by atoms with E-state index in [9.17, 15) is 9.59 Å². The van der Waals surface area contributed by atoms with Gasteiger partial charge in [-0.15, -0.1) is 0 Å². The lowest BCUT2D eigenvalue weighted by Gasteiger charge is -2.28. The highest BCUT2D eigenvalue weighted by Gasteiger charge is 2.20. The van der Waals surface area contributed by atoms with Crippen molar-refractivity contribution in [2.45, 2.75) is 32.2 Å². The molecule has 0 radical (unpaired) electrons. The average Bonchev–Trinajstić information content (AvgIpc) is 2.94. The van der Waals surface area contributed by atoms with Crippen LogP contribution < -0.4 is 20.7 Å². The number of halogens is 1. The van der Waals surface area contributed by atoms with Crippen LogP contribution in [0, 0.1) is 5.92 Å². The zero-order chi connectivity index (χ0) is 26.7. The van der Waals surface area contributed by atoms with E-state index in [2.05, 4.69) is 44.0 Å². The number of ether oxygens (including phenoxy) is 1. The number of urea groups is 1. The third-order valence-electron chi connectivity index (χ3n) is 6.83. The molecule has 3 amide bonds. The number of rotatable bonds is 10. The van der Waals surface area contributed by atoms with Gasteiger partial charge in [0.25, 0.3) is 0 Å². The van der Waals surface area contributed by atoms with Crippen LogP contribution in [-0.2, 0) is 17.8 Å². The zero-order valence-electron chi connectivity index (χ0n) is 21.7. The van der Waals surface area contributed by atoms with Gasteiger partial charge in [0.05, 0.1) is 24.9 Å². The molecule has 3 aromatic rings. The Morgan fingerprint density at radius 1 is 0.947 bits per heavy atom. The quantitative estimate of drug-likeness (QED) is 0.273. The molecule has 3 N–H and O–H groups in total. The van der Waals surface area contributed by atoms with Gasteiger partial charge >= 0.3 is 6.03 Å². The predicted molar refractivity (Wildman–Crippen MR) is 156 cm³/mol. The first-order valence-electron chi connectivity index (χ1n) is 13.0. The molecule has 0 atom stereocenters. The number of carbonyl (C=O) groups excluding carboxylic acids is 2. The van der Waals surface area contributed by atoms with E-state index in [-0.39, 0.29) is 18.4 Å². The third-order valence-corrected chi connectivity index (χ3v) is 7.52. The summed E-state index contributed by atoms with van der Waals surface area (Å²) in [7, 11) is 1.55. The maximum atomic E-state index is 13.5. The number of para-hydroxylation sites is 1. The van der Waals surface area contributed by atoms with E-state index in [1.807, 2.05) is 59.5 Å². The summed E-state index contributed by atoms with van der Waals surface area (Å²) in [5, 5.41) is 9.07. The van der Waals surface area contributed by atoms with Crippen LogP contribution in [0.1, 0.15) is 30.4 Å². The molecule has 0 saturated carbocycles. The molecule has 1 aliphatic rings. The fourth-order valence-corrected chi connectivity index (χ4v) is 5.06. The molecule has 0 aliphatic carbocycles. The van der Waals surface area contributed by atoms with Gasteiger partial charge in [-0.3, -0.25) is 4.79 Å². The smallest absolute Gasteiger partial charge is 0.323 e. The molecular formula is C30H35BrN4O3. The summed E-state index contributed by atoms with van der Waals surface area (Å²) >= 11 is 3.43. The van der Waals surface area contributed by atoms with Gasteiger partial charge in [-0.05, 0) is 89.6 Å². The number of benzene rings is 3. The Labute approximate surface area is 233 Å². The molecule has 1 fully saturated rings. The highest BCUT2D eigenvalue weighted by atomic mass is 79.9. The summed E-state index contributed by atoms with van der Waals surface area (Å²) in [6, 6.07) is 22.6. The number of hydrogen-bond acceptors (Lipinski definition) is 4. The number of hydrogen-bond donors (Lipinski definition) is 3. The van der Waals surface area contributed by atoms with E-state index in [1.165, 1.54) is 0 Å². The highest BCUT2D eigenvalue weighted by Crippen LogP contribution is 2.27. The Bertz CT molecular complexity index is 1220. The number of anilines is 2. The Kier molecular flexibility index (Phi) is 10.2. The second-order valence-electron chi connectivity index (χ2n) is 9.55. The van der Waals surface area contributed by atoms with Crippen LogP contribution in [-0.4, -0.2) is 43.6 Å². The number of amides is 3. The second-order valence-corrected chi connectivity index (χ2v) is 10.4. The molecule has 200 valence electrons. The molecule has 38 heavy (non-hydrogen) atoms. The fraction of sp³-hybridized carbons (Fsp3) is 0.333. The lowest BCUT2D eigenvalue weighted by molar-refractivity contribution is -0.131. The summed E-state index contributed by atoms with van der Waals surface area (Å²) in [5.41, 5.74) is 3.15. The fourth-order valence-electron chi connectivity index (χ4n) is 4.68. The van der Waals surface area contributed by atoms with E-state index in [4.69, 9.17) is 4.74 Å². The molecule has 0 unspecified atom stereocenters. The summed E-state index contributed by atoms with van der Waals surface area (Å²) in [6.45, 7) is 3.44. The lowest BCUT2D eigenvalue weighted by Crippen LogP contribution is -2.35. The average molecular weight is 580 g/mol. The van der Waals surface area contributed by atoms with Crippen molar-refractivity contribution in [2.24, 2.45) is 5.92 Å². The SMILES string of the molecule is COc1cc(CC(=O)N(CCC2CCNCC2)Cc2ccccc2)ccc1NC(=O)Nc1ccccc1Br. The first-order valence-corrected chi connectivity index (χ1v) is 13.8. The van der Waals surface area contributed by atoms with Crippen LogP contribution in [0.3, 0.4) is 0 Å².